The maximum absolute atomic E-state index is 12.4. The van der Waals surface area contributed by atoms with Gasteiger partial charge in [0.05, 0.1) is 12.7 Å². The predicted octanol–water partition coefficient (Wildman–Crippen LogP) is 3.71. The number of hydrogen-bond acceptors (Lipinski definition) is 3. The third kappa shape index (κ3) is 4.43. The van der Waals surface area contributed by atoms with Crippen LogP contribution in [0.25, 0.3) is 6.08 Å². The van der Waals surface area contributed by atoms with E-state index in [9.17, 15) is 9.59 Å². The summed E-state index contributed by atoms with van der Waals surface area (Å²) < 4.78 is 4.65. The number of rotatable bonds is 6. The Hall–Kier alpha value is -3.14. The van der Waals surface area contributed by atoms with Crippen LogP contribution in [-0.2, 0) is 9.53 Å². The summed E-state index contributed by atoms with van der Waals surface area (Å²) in [4.78, 5) is 25.5. The molecule has 2 rings (SSSR count). The zero-order valence-corrected chi connectivity index (χ0v) is 13.5. The first kappa shape index (κ1) is 17.2. The molecule has 1 amide bonds. The Labute approximate surface area is 141 Å². The van der Waals surface area contributed by atoms with Crippen molar-refractivity contribution in [3.8, 4) is 0 Å². The molecule has 0 bridgehead atoms. The van der Waals surface area contributed by atoms with Crippen molar-refractivity contribution in [2.45, 2.75) is 0 Å². The fourth-order valence-corrected chi connectivity index (χ4v) is 2.17. The molecule has 0 radical (unpaired) electrons. The van der Waals surface area contributed by atoms with Crippen LogP contribution in [0.3, 0.4) is 0 Å². The first-order valence-corrected chi connectivity index (χ1v) is 7.49. The minimum atomic E-state index is -0.386. The minimum absolute atomic E-state index is 0.141. The largest absolute Gasteiger partial charge is 0.465 e. The highest BCUT2D eigenvalue weighted by Crippen LogP contribution is 2.14. The summed E-state index contributed by atoms with van der Waals surface area (Å²) in [6.45, 7) is 4.12. The van der Waals surface area contributed by atoms with Crippen molar-refractivity contribution in [2.75, 3.05) is 18.6 Å². The molecule has 0 N–H and O–H groups in total. The van der Waals surface area contributed by atoms with E-state index in [0.717, 1.165) is 11.3 Å². The van der Waals surface area contributed by atoms with E-state index in [2.05, 4.69) is 11.3 Å². The molecule has 4 heteroatoms. The van der Waals surface area contributed by atoms with Gasteiger partial charge in [0.1, 0.15) is 0 Å². The number of benzene rings is 2. The van der Waals surface area contributed by atoms with Crippen LogP contribution >= 0.6 is 0 Å². The van der Waals surface area contributed by atoms with E-state index in [1.165, 1.54) is 13.2 Å². The average molecular weight is 321 g/mol. The molecule has 0 aliphatic heterocycles. The summed E-state index contributed by atoms with van der Waals surface area (Å²) in [6, 6.07) is 16.3. The van der Waals surface area contributed by atoms with Gasteiger partial charge in [0.15, 0.2) is 0 Å². The lowest BCUT2D eigenvalue weighted by Crippen LogP contribution is -2.29. The number of carbonyl (C=O) groups excluding carboxylic acids is 2. The molecule has 0 unspecified atom stereocenters. The number of hydrogen-bond donors (Lipinski definition) is 0. The van der Waals surface area contributed by atoms with E-state index >= 15 is 0 Å². The molecule has 0 aliphatic rings. The Morgan fingerprint density at radius 2 is 1.75 bits per heavy atom. The number of amides is 1. The summed E-state index contributed by atoms with van der Waals surface area (Å²) in [5, 5.41) is 0. The summed E-state index contributed by atoms with van der Waals surface area (Å²) in [5.74, 6) is -0.527. The zero-order chi connectivity index (χ0) is 17.4. The van der Waals surface area contributed by atoms with Crippen molar-refractivity contribution in [1.29, 1.82) is 0 Å². The molecular weight excluding hydrogens is 302 g/mol. The van der Waals surface area contributed by atoms with Crippen LogP contribution in [0, 0.1) is 0 Å². The highest BCUT2D eigenvalue weighted by molar-refractivity contribution is 6.04. The van der Waals surface area contributed by atoms with Crippen LogP contribution in [0.4, 0.5) is 5.69 Å². The maximum Gasteiger partial charge on any atom is 0.337 e. The minimum Gasteiger partial charge on any atom is -0.465 e. The number of para-hydroxylation sites is 1. The Bertz CT molecular complexity index is 733. The Morgan fingerprint density at radius 3 is 2.33 bits per heavy atom. The lowest BCUT2D eigenvalue weighted by molar-refractivity contribution is -0.114. The quantitative estimate of drug-likeness (QED) is 0.463. The monoisotopic (exact) mass is 321 g/mol. The van der Waals surface area contributed by atoms with E-state index in [1.807, 2.05) is 30.3 Å². The van der Waals surface area contributed by atoms with E-state index in [4.69, 9.17) is 0 Å². The number of methoxy groups -OCH3 is 1. The molecule has 0 spiro atoms. The molecule has 2 aromatic rings. The average Bonchev–Trinajstić information content (AvgIpc) is 2.64. The van der Waals surface area contributed by atoms with Gasteiger partial charge in [0, 0.05) is 18.3 Å². The molecule has 0 saturated heterocycles. The second kappa shape index (κ2) is 8.48. The smallest absolute Gasteiger partial charge is 0.337 e. The fourth-order valence-electron chi connectivity index (χ4n) is 2.17. The molecule has 2 aromatic carbocycles. The number of carbonyl (C=O) groups is 2. The second-order valence-electron chi connectivity index (χ2n) is 5.02. The molecule has 0 atom stereocenters. The second-order valence-corrected chi connectivity index (χ2v) is 5.02. The van der Waals surface area contributed by atoms with Gasteiger partial charge in [-0.3, -0.25) is 4.79 Å². The highest BCUT2D eigenvalue weighted by Gasteiger charge is 2.11. The third-order valence-electron chi connectivity index (χ3n) is 3.40. The van der Waals surface area contributed by atoms with E-state index in [1.54, 1.807) is 41.3 Å². The molecule has 122 valence electrons. The van der Waals surface area contributed by atoms with Crippen molar-refractivity contribution in [1.82, 2.24) is 0 Å². The molecular formula is C20H19NO3. The van der Waals surface area contributed by atoms with Crippen molar-refractivity contribution < 1.29 is 14.3 Å². The number of ether oxygens (including phenoxy) is 1. The maximum atomic E-state index is 12.4. The molecule has 0 aliphatic carbocycles. The summed E-state index contributed by atoms with van der Waals surface area (Å²) in [7, 11) is 1.34. The van der Waals surface area contributed by atoms with Gasteiger partial charge in [-0.1, -0.05) is 36.4 Å². The lowest BCUT2D eigenvalue weighted by atomic mass is 10.1. The number of anilines is 1. The van der Waals surface area contributed by atoms with Gasteiger partial charge >= 0.3 is 5.97 Å². The Balaban J connectivity index is 2.12. The predicted molar refractivity (Wildman–Crippen MR) is 95.8 cm³/mol. The van der Waals surface area contributed by atoms with Gasteiger partial charge in [-0.25, -0.2) is 4.79 Å². The lowest BCUT2D eigenvalue weighted by Gasteiger charge is -2.19. The van der Waals surface area contributed by atoms with Crippen LogP contribution < -0.4 is 4.90 Å². The highest BCUT2D eigenvalue weighted by atomic mass is 16.5. The van der Waals surface area contributed by atoms with Crippen LogP contribution in [0.2, 0.25) is 0 Å². The van der Waals surface area contributed by atoms with Crippen LogP contribution in [0.1, 0.15) is 15.9 Å². The van der Waals surface area contributed by atoms with Crippen LogP contribution in [0.15, 0.2) is 73.3 Å². The third-order valence-corrected chi connectivity index (χ3v) is 3.40. The van der Waals surface area contributed by atoms with Crippen LogP contribution in [-0.4, -0.2) is 25.5 Å². The number of nitrogens with zero attached hydrogens (tertiary/aromatic N) is 1. The van der Waals surface area contributed by atoms with E-state index in [0.29, 0.717) is 12.1 Å². The topological polar surface area (TPSA) is 46.6 Å². The van der Waals surface area contributed by atoms with Gasteiger partial charge < -0.3 is 9.64 Å². The molecule has 0 heterocycles. The Kier molecular flexibility index (Phi) is 6.08. The number of esters is 1. The Morgan fingerprint density at radius 1 is 1.08 bits per heavy atom. The van der Waals surface area contributed by atoms with Crippen molar-refractivity contribution >= 4 is 23.6 Å². The van der Waals surface area contributed by atoms with Crippen molar-refractivity contribution in [3.63, 3.8) is 0 Å². The van der Waals surface area contributed by atoms with E-state index in [-0.39, 0.29) is 11.9 Å². The van der Waals surface area contributed by atoms with Crippen LogP contribution in [0.5, 0.6) is 0 Å². The van der Waals surface area contributed by atoms with Gasteiger partial charge in [-0.2, -0.15) is 0 Å². The van der Waals surface area contributed by atoms with Crippen molar-refractivity contribution in [2.24, 2.45) is 0 Å². The molecule has 0 saturated carbocycles. The van der Waals surface area contributed by atoms with E-state index < -0.39 is 0 Å². The van der Waals surface area contributed by atoms with Gasteiger partial charge in [0.2, 0.25) is 0 Å². The first-order valence-electron chi connectivity index (χ1n) is 7.49. The molecule has 0 fully saturated rings. The first-order chi connectivity index (χ1) is 11.7. The van der Waals surface area contributed by atoms with Gasteiger partial charge in [-0.15, -0.1) is 6.58 Å². The summed E-state index contributed by atoms with van der Waals surface area (Å²) in [5.41, 5.74) is 2.11. The zero-order valence-electron chi connectivity index (χ0n) is 13.5. The van der Waals surface area contributed by atoms with Gasteiger partial charge in [-0.05, 0) is 35.9 Å². The molecule has 24 heavy (non-hydrogen) atoms. The standard InChI is InChI=1S/C20H19NO3/c1-3-15-21(18-7-5-4-6-8-18)19(22)14-11-16-9-12-17(13-10-16)20(23)24-2/h3-14H,1,15H2,2H3. The van der Waals surface area contributed by atoms with Gasteiger partial charge in [0.25, 0.3) is 5.91 Å². The molecule has 4 nitrogen and oxygen atoms in total. The normalized spacial score (nSPS) is 10.4. The van der Waals surface area contributed by atoms with Crippen molar-refractivity contribution in [3.05, 3.63) is 84.5 Å². The fraction of sp³-hybridized carbons (Fsp3) is 0.100. The molecule has 0 aromatic heterocycles. The summed E-state index contributed by atoms with van der Waals surface area (Å²) in [6.07, 6.45) is 4.90. The summed E-state index contributed by atoms with van der Waals surface area (Å²) >= 11 is 0. The SMILES string of the molecule is C=CCN(C(=O)C=Cc1ccc(C(=O)OC)cc1)c1ccccc1.